The van der Waals surface area contributed by atoms with E-state index in [1.54, 1.807) is 14.0 Å². The molecule has 3 amide bonds. The van der Waals surface area contributed by atoms with Gasteiger partial charge in [0.05, 0.1) is 11.9 Å². The minimum Gasteiger partial charge on any atom is -0.351 e. The van der Waals surface area contributed by atoms with Crippen LogP contribution in [-0.2, 0) is 9.59 Å². The highest BCUT2D eigenvalue weighted by Crippen LogP contribution is 2.33. The maximum Gasteiger partial charge on any atom is 0.318 e. The van der Waals surface area contributed by atoms with Crippen molar-refractivity contribution < 1.29 is 14.4 Å². The highest BCUT2D eigenvalue weighted by Gasteiger charge is 2.35. The maximum absolute atomic E-state index is 12.5. The van der Waals surface area contributed by atoms with Gasteiger partial charge in [-0.1, -0.05) is 34.6 Å². The van der Waals surface area contributed by atoms with Gasteiger partial charge in [-0.3, -0.25) is 9.59 Å². The lowest BCUT2D eigenvalue weighted by Gasteiger charge is -2.38. The molecule has 29 heavy (non-hydrogen) atoms. The van der Waals surface area contributed by atoms with Crippen molar-refractivity contribution >= 4 is 43.0 Å². The molecule has 0 bridgehead atoms. The zero-order chi connectivity index (χ0) is 23.0. The molecule has 0 aliphatic rings. The van der Waals surface area contributed by atoms with E-state index in [-0.39, 0.29) is 40.2 Å². The summed E-state index contributed by atoms with van der Waals surface area (Å²) in [5.74, 6) is 0.161. The first-order valence-electron chi connectivity index (χ1n) is 10.3. The molecule has 0 spiro atoms. The number of Topliss-reactive ketones (excluding diaryl/α,β-unsaturated/α-hetero) is 1. The maximum atomic E-state index is 12.5. The van der Waals surface area contributed by atoms with Crippen molar-refractivity contribution in [3.05, 3.63) is 0 Å². The minimum absolute atomic E-state index is 0.00257. The van der Waals surface area contributed by atoms with Gasteiger partial charge < -0.3 is 15.5 Å². The number of hydrogen-bond donors (Lipinski definition) is 4. The number of carbonyl (C=O) groups excluding carboxylic acids is 3. The Morgan fingerprint density at radius 1 is 1.10 bits per heavy atom. The zero-order valence-electron chi connectivity index (χ0n) is 19.3. The van der Waals surface area contributed by atoms with Gasteiger partial charge in [0.2, 0.25) is 5.91 Å². The molecular weight excluding hydrogens is 406 g/mol. The molecule has 0 fully saturated rings. The molecule has 0 aliphatic carbocycles. The number of nitrogens with one attached hydrogen (secondary N) is 2. The number of urea groups is 1. The van der Waals surface area contributed by atoms with Gasteiger partial charge in [-0.25, -0.2) is 4.79 Å². The van der Waals surface area contributed by atoms with E-state index in [0.717, 1.165) is 0 Å². The SMILES string of the molecule is CCC(=O)C(CC(C)(C)CC(C)(C)NC(=O)C(C)CC(C)S)NC(=O)N(C)CS. The summed E-state index contributed by atoms with van der Waals surface area (Å²) in [7, 11) is 1.63. The Hall–Kier alpha value is -0.890. The van der Waals surface area contributed by atoms with Gasteiger partial charge in [0.15, 0.2) is 5.78 Å². The molecule has 170 valence electrons. The number of carbonyl (C=O) groups is 3. The van der Waals surface area contributed by atoms with Crippen LogP contribution >= 0.6 is 25.3 Å². The standard InChI is InChI=1S/C21H41N3O3S2/c1-9-17(25)16(22-19(27)24(8)13-28)11-20(4,5)12-21(6,7)23-18(26)14(2)10-15(3)29/h14-16,28-29H,9-13H2,1-8H3,(H,22,27)(H,23,26). The van der Waals surface area contributed by atoms with E-state index < -0.39 is 11.6 Å². The first-order chi connectivity index (χ1) is 13.1. The van der Waals surface area contributed by atoms with Gasteiger partial charge in [0.25, 0.3) is 0 Å². The van der Waals surface area contributed by atoms with Gasteiger partial charge in [0.1, 0.15) is 0 Å². The van der Waals surface area contributed by atoms with Crippen molar-refractivity contribution in [3.8, 4) is 0 Å². The normalized spacial score (nSPS) is 15.2. The molecule has 8 heteroatoms. The lowest BCUT2D eigenvalue weighted by atomic mass is 9.75. The van der Waals surface area contributed by atoms with E-state index >= 15 is 0 Å². The first-order valence-corrected chi connectivity index (χ1v) is 11.4. The Morgan fingerprint density at radius 3 is 2.10 bits per heavy atom. The van der Waals surface area contributed by atoms with Crippen LogP contribution in [0, 0.1) is 11.3 Å². The van der Waals surface area contributed by atoms with Gasteiger partial charge in [-0.05, 0) is 43.8 Å². The molecule has 0 heterocycles. The van der Waals surface area contributed by atoms with Crippen LogP contribution in [0.4, 0.5) is 4.79 Å². The van der Waals surface area contributed by atoms with Crippen LogP contribution in [0.15, 0.2) is 0 Å². The molecule has 0 aromatic rings. The smallest absolute Gasteiger partial charge is 0.318 e. The van der Waals surface area contributed by atoms with E-state index in [4.69, 9.17) is 0 Å². The predicted octanol–water partition coefficient (Wildman–Crippen LogP) is 3.91. The molecule has 3 atom stereocenters. The van der Waals surface area contributed by atoms with Crippen LogP contribution in [-0.4, -0.2) is 52.4 Å². The fourth-order valence-corrected chi connectivity index (χ4v) is 4.20. The summed E-state index contributed by atoms with van der Waals surface area (Å²) in [6.45, 7) is 13.8. The number of thiol groups is 2. The lowest BCUT2D eigenvalue weighted by Crippen LogP contribution is -2.51. The first kappa shape index (κ1) is 28.1. The third-order valence-electron chi connectivity index (χ3n) is 4.87. The second kappa shape index (κ2) is 12.1. The molecule has 3 unspecified atom stereocenters. The van der Waals surface area contributed by atoms with Gasteiger partial charge in [0, 0.05) is 24.9 Å². The van der Waals surface area contributed by atoms with E-state index in [0.29, 0.717) is 25.7 Å². The van der Waals surface area contributed by atoms with E-state index in [1.165, 1.54) is 4.90 Å². The minimum atomic E-state index is -0.569. The Morgan fingerprint density at radius 2 is 1.66 bits per heavy atom. The highest BCUT2D eigenvalue weighted by atomic mass is 32.1. The zero-order valence-corrected chi connectivity index (χ0v) is 21.1. The van der Waals surface area contributed by atoms with Crippen LogP contribution in [0.5, 0.6) is 0 Å². The molecular formula is C21H41N3O3S2. The van der Waals surface area contributed by atoms with Crippen LogP contribution in [0.3, 0.4) is 0 Å². The number of ketones is 1. The van der Waals surface area contributed by atoms with Crippen LogP contribution in [0.1, 0.15) is 74.1 Å². The summed E-state index contributed by atoms with van der Waals surface area (Å²) in [5, 5.41) is 6.13. The Bertz CT molecular complexity index is 565. The fourth-order valence-electron chi connectivity index (χ4n) is 3.76. The average Bonchev–Trinajstić information content (AvgIpc) is 2.57. The van der Waals surface area contributed by atoms with Crippen molar-refractivity contribution in [2.24, 2.45) is 11.3 Å². The third-order valence-corrected chi connectivity index (χ3v) is 5.51. The summed E-state index contributed by atoms with van der Waals surface area (Å²) >= 11 is 8.47. The average molecular weight is 448 g/mol. The Balaban J connectivity index is 5.14. The second-order valence-corrected chi connectivity index (χ2v) is 10.7. The fraction of sp³-hybridized carbons (Fsp3) is 0.857. The van der Waals surface area contributed by atoms with E-state index in [9.17, 15) is 14.4 Å². The van der Waals surface area contributed by atoms with Crippen molar-refractivity contribution in [1.82, 2.24) is 15.5 Å². The molecule has 0 aromatic heterocycles. The summed E-state index contributed by atoms with van der Waals surface area (Å²) < 4.78 is 0. The molecule has 0 aliphatic heterocycles. The largest absolute Gasteiger partial charge is 0.351 e. The molecule has 0 aromatic carbocycles. The molecule has 0 radical (unpaired) electrons. The Labute approximate surface area is 188 Å². The molecule has 6 nitrogen and oxygen atoms in total. The predicted molar refractivity (Wildman–Crippen MR) is 127 cm³/mol. The second-order valence-electron chi connectivity index (χ2n) is 9.57. The van der Waals surface area contributed by atoms with Crippen molar-refractivity contribution in [3.63, 3.8) is 0 Å². The number of hydrogen-bond acceptors (Lipinski definition) is 5. The molecule has 0 saturated carbocycles. The van der Waals surface area contributed by atoms with Crippen molar-refractivity contribution in [2.45, 2.75) is 91.0 Å². The van der Waals surface area contributed by atoms with Crippen molar-refractivity contribution in [1.29, 1.82) is 0 Å². The summed E-state index contributed by atoms with van der Waals surface area (Å²) in [5.41, 5.74) is -0.723. The highest BCUT2D eigenvalue weighted by molar-refractivity contribution is 7.80. The topological polar surface area (TPSA) is 78.5 Å². The monoisotopic (exact) mass is 447 g/mol. The van der Waals surface area contributed by atoms with Crippen LogP contribution in [0.25, 0.3) is 0 Å². The summed E-state index contributed by atoms with van der Waals surface area (Å²) in [6.07, 6.45) is 2.23. The Kier molecular flexibility index (Phi) is 11.7. The van der Waals surface area contributed by atoms with Crippen LogP contribution in [0.2, 0.25) is 0 Å². The number of rotatable bonds is 12. The summed E-state index contributed by atoms with van der Waals surface area (Å²) in [6, 6.07) is -0.884. The van der Waals surface area contributed by atoms with Gasteiger partial charge >= 0.3 is 6.03 Å². The van der Waals surface area contributed by atoms with E-state index in [2.05, 4.69) is 49.7 Å². The van der Waals surface area contributed by atoms with Crippen LogP contribution < -0.4 is 10.6 Å². The van der Waals surface area contributed by atoms with Gasteiger partial charge in [-0.15, -0.1) is 0 Å². The van der Waals surface area contributed by atoms with Crippen molar-refractivity contribution in [2.75, 3.05) is 12.9 Å². The van der Waals surface area contributed by atoms with Gasteiger partial charge in [-0.2, -0.15) is 25.3 Å². The number of amides is 3. The molecule has 0 saturated heterocycles. The lowest BCUT2D eigenvalue weighted by molar-refractivity contribution is -0.127. The quantitative estimate of drug-likeness (QED) is 0.271. The third kappa shape index (κ3) is 11.2. The van der Waals surface area contributed by atoms with E-state index in [1.807, 2.05) is 27.7 Å². The molecule has 2 N–H and O–H groups in total. The molecule has 0 rings (SSSR count). The number of nitrogens with zero attached hydrogens (tertiary/aromatic N) is 1. The summed E-state index contributed by atoms with van der Waals surface area (Å²) in [4.78, 5) is 38.6.